The van der Waals surface area contributed by atoms with Crippen molar-refractivity contribution in [1.82, 2.24) is 0 Å². The maximum absolute atomic E-state index is 6.35. The number of hydrogen-bond acceptors (Lipinski definition) is 0. The van der Waals surface area contributed by atoms with E-state index < -0.39 is 0 Å². The van der Waals surface area contributed by atoms with Gasteiger partial charge >= 0.3 is 29.6 Å². The second-order valence-electron chi connectivity index (χ2n) is 0.354. The zero-order valence-electron chi connectivity index (χ0n) is 3.21. The molecule has 1 N–H and O–H groups in total. The fourth-order valence-electron chi connectivity index (χ4n) is 0. The molecule has 0 aromatic rings. The van der Waals surface area contributed by atoms with Crippen LogP contribution in [0.25, 0.3) is 5.40 Å². The fourth-order valence-corrected chi connectivity index (χ4v) is 0. The van der Waals surface area contributed by atoms with Crippen molar-refractivity contribution in [3.05, 3.63) is 5.40 Å². The minimum absolute atomic E-state index is 0. The Morgan fingerprint density at radius 1 is 1.75 bits per heavy atom. The van der Waals surface area contributed by atoms with Crippen LogP contribution in [-0.4, -0.2) is 9.68 Å². The number of nitrogens with one attached hydrogen (secondary N) is 1. The molecule has 0 aliphatic carbocycles. The van der Waals surface area contributed by atoms with E-state index >= 15 is 0 Å². The van der Waals surface area contributed by atoms with E-state index in [0.29, 0.717) is 0 Å². The molecule has 0 aliphatic rings. The summed E-state index contributed by atoms with van der Waals surface area (Å²) in [5.74, 6) is 0. The molecule has 20 valence electrons. The Morgan fingerprint density at radius 3 is 1.75 bits per heavy atom. The summed E-state index contributed by atoms with van der Waals surface area (Å²) in [4.78, 5) is 0. The van der Waals surface area contributed by atoms with Gasteiger partial charge in [-0.2, -0.15) is 0 Å². The van der Waals surface area contributed by atoms with Crippen molar-refractivity contribution in [3.8, 4) is 0 Å². The predicted octanol–water partition coefficient (Wildman–Crippen LogP) is -2.83. The van der Waals surface area contributed by atoms with Gasteiger partial charge in [-0.05, 0) is 0 Å². The van der Waals surface area contributed by atoms with Crippen LogP contribution in [0.5, 0.6) is 0 Å². The fraction of sp³-hybridized carbons (Fsp3) is 1.00. The van der Waals surface area contributed by atoms with E-state index in [1.165, 1.54) is 0 Å². The molecule has 0 amide bonds. The molecule has 4 heavy (non-hydrogen) atoms. The largest absolute Gasteiger partial charge is 1.00 e. The summed E-state index contributed by atoms with van der Waals surface area (Å²) in [7, 11) is -0.333. The normalized spacial score (nSPS) is 7.50. The molecule has 0 spiro atoms. The van der Waals surface area contributed by atoms with Gasteiger partial charge in [0, 0.05) is 0 Å². The molecule has 0 rings (SSSR count). The van der Waals surface area contributed by atoms with E-state index in [1.807, 2.05) is 6.55 Å². The van der Waals surface area contributed by atoms with Crippen molar-refractivity contribution in [2.45, 2.75) is 6.55 Å². The first-order valence-electron chi connectivity index (χ1n) is 1.06. The van der Waals surface area contributed by atoms with Gasteiger partial charge in [0.25, 0.3) is 0 Å². The van der Waals surface area contributed by atoms with E-state index in [1.54, 1.807) is 0 Å². The summed E-state index contributed by atoms with van der Waals surface area (Å²) in [6.45, 7) is 1.93. The second-order valence-corrected chi connectivity index (χ2v) is 1.06. The van der Waals surface area contributed by atoms with Crippen LogP contribution in [0.4, 0.5) is 0 Å². The predicted molar refractivity (Wildman–Crippen MR) is 18.7 cm³/mol. The van der Waals surface area contributed by atoms with Crippen molar-refractivity contribution in [1.29, 1.82) is 0 Å². The van der Waals surface area contributed by atoms with E-state index in [0.717, 1.165) is 0 Å². The van der Waals surface area contributed by atoms with Crippen LogP contribution in [0.15, 0.2) is 0 Å². The Kier molecular flexibility index (Phi) is 19.9. The number of rotatable bonds is 0. The van der Waals surface area contributed by atoms with Crippen LogP contribution in [0.1, 0.15) is 0 Å². The van der Waals surface area contributed by atoms with Crippen LogP contribution >= 0.6 is 0 Å². The van der Waals surface area contributed by atoms with Gasteiger partial charge in [0.05, 0.1) is 0 Å². The molecule has 0 aliphatic heterocycles. The SMILES string of the molecule is C[SiH2][NH-].[Na+]. The van der Waals surface area contributed by atoms with E-state index in [9.17, 15) is 0 Å². The summed E-state index contributed by atoms with van der Waals surface area (Å²) in [5.41, 5.74) is 0. The van der Waals surface area contributed by atoms with E-state index in [2.05, 4.69) is 0 Å². The molecule has 0 aromatic carbocycles. The van der Waals surface area contributed by atoms with Gasteiger partial charge in [0.15, 0.2) is 0 Å². The molecule has 1 nitrogen and oxygen atoms in total. The summed E-state index contributed by atoms with van der Waals surface area (Å²) in [6, 6.07) is 0. The average Bonchev–Trinajstić information content (AvgIpc) is 0.918. The maximum atomic E-state index is 6.35. The summed E-state index contributed by atoms with van der Waals surface area (Å²) in [5, 5.41) is 6.35. The smallest absolute Gasteiger partial charge is 0.685 e. The third-order valence-corrected chi connectivity index (χ3v) is 0. The summed E-state index contributed by atoms with van der Waals surface area (Å²) in [6.07, 6.45) is 0. The topological polar surface area (TPSA) is 23.8 Å². The van der Waals surface area contributed by atoms with Gasteiger partial charge in [0.2, 0.25) is 0 Å². The first-order chi connectivity index (χ1) is 1.41. The van der Waals surface area contributed by atoms with Crippen LogP contribution in [-0.2, 0) is 0 Å². The maximum Gasteiger partial charge on any atom is 1.00 e. The molecule has 0 bridgehead atoms. The second kappa shape index (κ2) is 8.90. The van der Waals surface area contributed by atoms with Crippen molar-refractivity contribution in [2.24, 2.45) is 0 Å². The Bertz CT molecular complexity index is 8.00. The standard InChI is InChI=1S/CH6NSi.Na/c1-3-2;/h2H,3H2,1H3;/q-1;+1. The number of hydrogen-bond donors (Lipinski definition) is 0. The molecular weight excluding hydrogens is 77.1 g/mol. The Morgan fingerprint density at radius 2 is 1.75 bits per heavy atom. The Balaban J connectivity index is 0. The average molecular weight is 83.1 g/mol. The Labute approximate surface area is 51.1 Å². The summed E-state index contributed by atoms with van der Waals surface area (Å²) >= 11 is 0. The minimum Gasteiger partial charge on any atom is -0.685 e. The molecule has 0 aromatic heterocycles. The molecular formula is CH6NNaSi. The van der Waals surface area contributed by atoms with Crippen LogP contribution in [0, 0.1) is 0 Å². The monoisotopic (exact) mass is 83.0 g/mol. The van der Waals surface area contributed by atoms with E-state index in [4.69, 9.17) is 5.40 Å². The summed E-state index contributed by atoms with van der Waals surface area (Å²) < 4.78 is 0. The molecule has 0 heterocycles. The van der Waals surface area contributed by atoms with Gasteiger partial charge in [0.1, 0.15) is 0 Å². The minimum atomic E-state index is -0.333. The van der Waals surface area contributed by atoms with Crippen molar-refractivity contribution >= 4 is 9.68 Å². The van der Waals surface area contributed by atoms with Gasteiger partial charge in [-0.1, -0.05) is 16.2 Å². The molecule has 0 radical (unpaired) electrons. The zero-order chi connectivity index (χ0) is 2.71. The quantitative estimate of drug-likeness (QED) is 0.282. The van der Waals surface area contributed by atoms with Gasteiger partial charge in [-0.3, -0.25) is 0 Å². The van der Waals surface area contributed by atoms with Gasteiger partial charge in [-0.15, -0.1) is 0 Å². The van der Waals surface area contributed by atoms with E-state index in [-0.39, 0.29) is 39.2 Å². The first kappa shape index (κ1) is 8.95. The van der Waals surface area contributed by atoms with Crippen molar-refractivity contribution in [3.63, 3.8) is 0 Å². The van der Waals surface area contributed by atoms with Crippen molar-refractivity contribution in [2.75, 3.05) is 0 Å². The molecule has 0 saturated carbocycles. The van der Waals surface area contributed by atoms with Gasteiger partial charge in [-0.25, -0.2) is 0 Å². The third kappa shape index (κ3) is 10.9. The Hall–Kier alpha value is 1.18. The first-order valence-corrected chi connectivity index (χ1v) is 3.18. The molecule has 0 saturated heterocycles. The third-order valence-electron chi connectivity index (χ3n) is 0. The van der Waals surface area contributed by atoms with Crippen LogP contribution < -0.4 is 29.6 Å². The van der Waals surface area contributed by atoms with Crippen LogP contribution in [0.2, 0.25) is 6.55 Å². The molecule has 0 fully saturated rings. The molecule has 3 heteroatoms. The molecule has 0 unspecified atom stereocenters. The van der Waals surface area contributed by atoms with Gasteiger partial charge < -0.3 is 5.40 Å². The van der Waals surface area contributed by atoms with Crippen molar-refractivity contribution < 1.29 is 29.6 Å². The molecule has 0 atom stereocenters. The zero-order valence-corrected chi connectivity index (χ0v) is 6.62. The van der Waals surface area contributed by atoms with Crippen LogP contribution in [0.3, 0.4) is 0 Å².